The van der Waals surface area contributed by atoms with Gasteiger partial charge in [0.1, 0.15) is 11.0 Å². The number of para-hydroxylation sites is 2. The SMILES string of the molecule is CCOc1ccccc1NC(=O)C(Sc1ccc(NC(=O)c2c(Cl)c(Cl)c(Cl)c(Cl)c2C(=O)O)cc1)c1ccccc1. The van der Waals surface area contributed by atoms with E-state index in [9.17, 15) is 19.5 Å². The predicted molar refractivity (Wildman–Crippen MR) is 169 cm³/mol. The molecule has 4 rings (SSSR count). The van der Waals surface area contributed by atoms with Crippen molar-refractivity contribution in [1.82, 2.24) is 0 Å². The molecule has 2 amide bonds. The standard InChI is InChI=1S/C30H22Cl4N2O5S/c1-2-41-20-11-7-6-10-19(20)36-29(38)27(16-8-4-3-5-9-16)42-18-14-12-17(13-15-18)35-28(37)21-22(30(39)40)24(32)26(34)25(33)23(21)31/h3-15,27H,2H2,1H3,(H,35,37)(H,36,38)(H,39,40). The fourth-order valence-electron chi connectivity index (χ4n) is 3.94. The van der Waals surface area contributed by atoms with Gasteiger partial charge >= 0.3 is 5.97 Å². The van der Waals surface area contributed by atoms with Crippen molar-refractivity contribution in [2.75, 3.05) is 17.2 Å². The minimum atomic E-state index is -1.49. The fraction of sp³-hybridized carbons (Fsp3) is 0.100. The Kier molecular flexibility index (Phi) is 10.6. The molecule has 4 aromatic rings. The highest BCUT2D eigenvalue weighted by atomic mass is 35.5. The van der Waals surface area contributed by atoms with E-state index in [1.165, 1.54) is 11.8 Å². The molecule has 0 radical (unpaired) electrons. The van der Waals surface area contributed by atoms with Gasteiger partial charge in [0, 0.05) is 10.6 Å². The smallest absolute Gasteiger partial charge is 0.338 e. The van der Waals surface area contributed by atoms with Gasteiger partial charge < -0.3 is 20.5 Å². The Morgan fingerprint density at radius 3 is 2.00 bits per heavy atom. The van der Waals surface area contributed by atoms with Gasteiger partial charge in [-0.25, -0.2) is 4.79 Å². The van der Waals surface area contributed by atoms with Crippen molar-refractivity contribution in [1.29, 1.82) is 0 Å². The zero-order valence-electron chi connectivity index (χ0n) is 21.8. The van der Waals surface area contributed by atoms with Crippen LogP contribution in [-0.2, 0) is 4.79 Å². The molecular formula is C30H22Cl4N2O5S. The number of amides is 2. The van der Waals surface area contributed by atoms with Gasteiger partial charge in [-0.1, -0.05) is 88.9 Å². The number of nitrogens with one attached hydrogen (secondary N) is 2. The summed E-state index contributed by atoms with van der Waals surface area (Å²) < 4.78 is 5.65. The second kappa shape index (κ2) is 14.2. The molecule has 216 valence electrons. The molecular weight excluding hydrogens is 642 g/mol. The number of carbonyl (C=O) groups excluding carboxylic acids is 2. The molecule has 0 heterocycles. The van der Waals surface area contributed by atoms with E-state index in [0.29, 0.717) is 23.7 Å². The third kappa shape index (κ3) is 7.14. The normalized spacial score (nSPS) is 11.5. The van der Waals surface area contributed by atoms with E-state index in [1.54, 1.807) is 36.4 Å². The Bertz CT molecular complexity index is 1640. The van der Waals surface area contributed by atoms with Crippen LogP contribution >= 0.6 is 58.2 Å². The molecule has 0 aromatic heterocycles. The van der Waals surface area contributed by atoms with Crippen LogP contribution in [-0.4, -0.2) is 29.5 Å². The molecule has 0 bridgehead atoms. The van der Waals surface area contributed by atoms with Crippen LogP contribution in [0.3, 0.4) is 0 Å². The van der Waals surface area contributed by atoms with Crippen LogP contribution in [0.1, 0.15) is 38.5 Å². The number of rotatable bonds is 10. The largest absolute Gasteiger partial charge is 0.492 e. The van der Waals surface area contributed by atoms with Crippen molar-refractivity contribution in [3.63, 3.8) is 0 Å². The molecule has 1 atom stereocenters. The average molecular weight is 664 g/mol. The van der Waals surface area contributed by atoms with Gasteiger partial charge in [-0.3, -0.25) is 9.59 Å². The van der Waals surface area contributed by atoms with E-state index in [4.69, 9.17) is 51.1 Å². The maximum Gasteiger partial charge on any atom is 0.338 e. The number of carbonyl (C=O) groups is 3. The van der Waals surface area contributed by atoms with E-state index >= 15 is 0 Å². The van der Waals surface area contributed by atoms with Crippen LogP contribution in [0.5, 0.6) is 5.75 Å². The number of hydrogen-bond donors (Lipinski definition) is 3. The number of benzene rings is 4. The van der Waals surface area contributed by atoms with Gasteiger partial charge in [0.15, 0.2) is 0 Å². The molecule has 4 aromatic carbocycles. The molecule has 0 aliphatic rings. The predicted octanol–water partition coefficient (Wildman–Crippen LogP) is 9.12. The summed E-state index contributed by atoms with van der Waals surface area (Å²) in [5, 5.41) is 13.3. The monoisotopic (exact) mass is 662 g/mol. The molecule has 0 fully saturated rings. The molecule has 0 aliphatic carbocycles. The van der Waals surface area contributed by atoms with Crippen molar-refractivity contribution in [3.8, 4) is 5.75 Å². The molecule has 0 saturated heterocycles. The van der Waals surface area contributed by atoms with Crippen molar-refractivity contribution < 1.29 is 24.2 Å². The van der Waals surface area contributed by atoms with Gasteiger partial charge in [-0.05, 0) is 48.9 Å². The van der Waals surface area contributed by atoms with E-state index in [-0.39, 0.29) is 21.0 Å². The highest BCUT2D eigenvalue weighted by molar-refractivity contribution is 8.00. The number of carboxylic acids is 1. The van der Waals surface area contributed by atoms with Gasteiger partial charge in [-0.15, -0.1) is 11.8 Å². The molecule has 0 saturated carbocycles. The maximum absolute atomic E-state index is 13.5. The van der Waals surface area contributed by atoms with Crippen LogP contribution in [0.15, 0.2) is 83.8 Å². The maximum atomic E-state index is 13.5. The third-order valence-corrected chi connectivity index (χ3v) is 8.93. The lowest BCUT2D eigenvalue weighted by Gasteiger charge is -2.19. The number of carboxylic acid groups (broad SMARTS) is 1. The molecule has 7 nitrogen and oxygen atoms in total. The number of hydrogen-bond acceptors (Lipinski definition) is 5. The second-order valence-corrected chi connectivity index (χ2v) is 11.3. The number of halogens is 4. The van der Waals surface area contributed by atoms with Crippen molar-refractivity contribution in [3.05, 3.63) is 116 Å². The van der Waals surface area contributed by atoms with Crippen LogP contribution in [0.2, 0.25) is 20.1 Å². The summed E-state index contributed by atoms with van der Waals surface area (Å²) >= 11 is 25.6. The van der Waals surface area contributed by atoms with Crippen molar-refractivity contribution in [2.24, 2.45) is 0 Å². The summed E-state index contributed by atoms with van der Waals surface area (Å²) in [4.78, 5) is 39.1. The lowest BCUT2D eigenvalue weighted by atomic mass is 10.1. The summed E-state index contributed by atoms with van der Waals surface area (Å²) in [5.41, 5.74) is 0.702. The minimum absolute atomic E-state index is 0.237. The first kappa shape index (κ1) is 31.5. The quantitative estimate of drug-likeness (QED) is 0.0888. The first-order valence-electron chi connectivity index (χ1n) is 12.4. The Hall–Kier alpha value is -3.40. The lowest BCUT2D eigenvalue weighted by molar-refractivity contribution is -0.115. The molecule has 0 spiro atoms. The summed E-state index contributed by atoms with van der Waals surface area (Å²) in [5.74, 6) is -2.01. The van der Waals surface area contributed by atoms with Crippen LogP contribution in [0.25, 0.3) is 0 Å². The number of aromatic carboxylic acids is 1. The van der Waals surface area contributed by atoms with Crippen molar-refractivity contribution in [2.45, 2.75) is 17.1 Å². The average Bonchev–Trinajstić information content (AvgIpc) is 2.98. The summed E-state index contributed by atoms with van der Waals surface area (Å²) in [6.07, 6.45) is 0. The van der Waals surface area contributed by atoms with E-state index in [2.05, 4.69) is 10.6 Å². The van der Waals surface area contributed by atoms with Gasteiger partial charge in [0.25, 0.3) is 5.91 Å². The zero-order valence-corrected chi connectivity index (χ0v) is 25.6. The molecule has 12 heteroatoms. The molecule has 42 heavy (non-hydrogen) atoms. The second-order valence-electron chi connectivity index (χ2n) is 8.62. The topological polar surface area (TPSA) is 105 Å². The number of ether oxygens (including phenoxy) is 1. The van der Waals surface area contributed by atoms with Crippen LogP contribution in [0, 0.1) is 0 Å². The fourth-order valence-corrected chi connectivity index (χ4v) is 5.99. The minimum Gasteiger partial charge on any atom is -0.492 e. The molecule has 0 aliphatic heterocycles. The highest BCUT2D eigenvalue weighted by Crippen LogP contribution is 2.42. The van der Waals surface area contributed by atoms with E-state index in [1.807, 2.05) is 49.4 Å². The van der Waals surface area contributed by atoms with Crippen molar-refractivity contribution >= 4 is 87.3 Å². The molecule has 3 N–H and O–H groups in total. The Morgan fingerprint density at radius 2 is 1.38 bits per heavy atom. The third-order valence-electron chi connectivity index (χ3n) is 5.86. The zero-order chi connectivity index (χ0) is 30.4. The molecule has 1 unspecified atom stereocenters. The van der Waals surface area contributed by atoms with Crippen LogP contribution in [0.4, 0.5) is 11.4 Å². The Labute approximate surface area is 266 Å². The van der Waals surface area contributed by atoms with Gasteiger partial charge in [-0.2, -0.15) is 0 Å². The van der Waals surface area contributed by atoms with E-state index < -0.39 is 33.3 Å². The Balaban J connectivity index is 1.56. The Morgan fingerprint density at radius 1 is 0.786 bits per heavy atom. The first-order chi connectivity index (χ1) is 20.1. The van der Waals surface area contributed by atoms with Gasteiger partial charge in [0.05, 0.1) is 43.5 Å². The lowest BCUT2D eigenvalue weighted by Crippen LogP contribution is -2.19. The van der Waals surface area contributed by atoms with E-state index in [0.717, 1.165) is 10.5 Å². The van der Waals surface area contributed by atoms with Gasteiger partial charge in [0.2, 0.25) is 5.91 Å². The summed E-state index contributed by atoms with van der Waals surface area (Å²) in [6.45, 7) is 2.32. The first-order valence-corrected chi connectivity index (χ1v) is 14.8. The van der Waals surface area contributed by atoms with Crippen LogP contribution < -0.4 is 15.4 Å². The summed E-state index contributed by atoms with van der Waals surface area (Å²) in [7, 11) is 0. The number of thioether (sulfide) groups is 1. The highest BCUT2D eigenvalue weighted by Gasteiger charge is 2.29. The number of anilines is 2. The summed E-state index contributed by atoms with van der Waals surface area (Å²) in [6, 6.07) is 23.2.